The number of quaternary nitrogens is 1. The van der Waals surface area contributed by atoms with Crippen molar-refractivity contribution in [2.75, 3.05) is 20.6 Å². The van der Waals surface area contributed by atoms with E-state index in [9.17, 15) is 13.0 Å². The van der Waals surface area contributed by atoms with Crippen molar-refractivity contribution in [1.82, 2.24) is 0 Å². The molecule has 0 aliphatic heterocycles. The number of rotatable bonds is 48. The van der Waals surface area contributed by atoms with Crippen molar-refractivity contribution in [3.8, 4) is 0 Å². The molecule has 0 amide bonds. The lowest BCUT2D eigenvalue weighted by molar-refractivity contribution is -0.773. The largest absolute Gasteiger partial charge is 0.432 e. The van der Waals surface area contributed by atoms with Crippen LogP contribution in [0, 0.1) is 11.3 Å². The second-order valence-corrected chi connectivity index (χ2v) is 21.9. The van der Waals surface area contributed by atoms with E-state index in [-0.39, 0.29) is 9.30 Å². The van der Waals surface area contributed by atoms with Gasteiger partial charge < -0.3 is 0 Å². The van der Waals surface area contributed by atoms with Gasteiger partial charge in [0, 0.05) is 5.92 Å². The molecule has 0 aromatic carbocycles. The van der Waals surface area contributed by atoms with Crippen molar-refractivity contribution >= 4 is 10.3 Å². The van der Waals surface area contributed by atoms with Gasteiger partial charge in [-0.15, -0.1) is 8.42 Å². The molecular formula is C53H110NO3S+. The van der Waals surface area contributed by atoms with Gasteiger partial charge in [0.05, 0.1) is 20.6 Å². The van der Waals surface area contributed by atoms with Crippen LogP contribution in [-0.2, 0) is 10.3 Å². The monoisotopic (exact) mass is 841 g/mol. The zero-order valence-electron chi connectivity index (χ0n) is 41.0. The normalized spacial score (nSPS) is 13.2. The van der Waals surface area contributed by atoms with Gasteiger partial charge >= 0.3 is 10.3 Å². The number of nitrogens with zero attached hydrogens (tertiary/aromatic N) is 1. The highest BCUT2D eigenvalue weighted by Gasteiger charge is 2.43. The highest BCUT2D eigenvalue weighted by molar-refractivity contribution is 7.80. The van der Waals surface area contributed by atoms with Gasteiger partial charge in [-0.25, -0.2) is 4.55 Å². The van der Waals surface area contributed by atoms with Crippen molar-refractivity contribution in [3.05, 3.63) is 0 Å². The molecule has 4 nitrogen and oxygen atoms in total. The zero-order valence-corrected chi connectivity index (χ0v) is 41.8. The third kappa shape index (κ3) is 33.5. The standard InChI is InChI=1S/C53H109NO3S/c1-7-11-15-19-23-27-31-35-39-43-47-52(51-54(5,6)58(55,56)57)53(48-44-40-36-32-28-24-20-16-12-8-2,49-45-41-37-33-29-25-21-17-13-9-3)50-46-42-38-34-30-26-22-18-14-10-4/h52H,7-51H2,1-6H3/p+1. The topological polar surface area (TPSA) is 54.4 Å². The van der Waals surface area contributed by atoms with Crippen molar-refractivity contribution in [2.45, 2.75) is 310 Å². The molecule has 0 bridgehead atoms. The summed E-state index contributed by atoms with van der Waals surface area (Å²) in [5.41, 5.74) is 0.167. The minimum atomic E-state index is -4.20. The second-order valence-electron chi connectivity index (χ2n) is 20.0. The lowest BCUT2D eigenvalue weighted by Gasteiger charge is -2.44. The molecule has 58 heavy (non-hydrogen) atoms. The summed E-state index contributed by atoms with van der Waals surface area (Å²) < 4.78 is 36.1. The summed E-state index contributed by atoms with van der Waals surface area (Å²) in [4.78, 5) is 0. The maximum Gasteiger partial charge on any atom is 0.432 e. The summed E-state index contributed by atoms with van der Waals surface area (Å²) >= 11 is 0. The van der Waals surface area contributed by atoms with Crippen LogP contribution in [0.5, 0.6) is 0 Å². The predicted octanol–water partition coefficient (Wildman–Crippen LogP) is 18.7. The van der Waals surface area contributed by atoms with Gasteiger partial charge in [0.15, 0.2) is 0 Å². The van der Waals surface area contributed by atoms with E-state index >= 15 is 0 Å². The van der Waals surface area contributed by atoms with E-state index in [0.717, 1.165) is 6.42 Å². The van der Waals surface area contributed by atoms with E-state index in [1.54, 1.807) is 14.1 Å². The van der Waals surface area contributed by atoms with E-state index < -0.39 is 10.3 Å². The first-order chi connectivity index (χ1) is 28.1. The molecule has 0 aromatic rings. The molecule has 0 aliphatic rings. The third-order valence-corrected chi connectivity index (χ3v) is 15.5. The van der Waals surface area contributed by atoms with Crippen LogP contribution >= 0.6 is 0 Å². The Bertz CT molecular complexity index is 874. The van der Waals surface area contributed by atoms with Crippen LogP contribution in [0.1, 0.15) is 310 Å². The van der Waals surface area contributed by atoms with Gasteiger partial charge in [0.1, 0.15) is 0 Å². The van der Waals surface area contributed by atoms with Gasteiger partial charge in [-0.2, -0.15) is 3.89 Å². The molecular weight excluding hydrogens is 731 g/mol. The number of hydrogen-bond acceptors (Lipinski definition) is 2. The van der Waals surface area contributed by atoms with Crippen molar-refractivity contribution in [3.63, 3.8) is 0 Å². The second kappa shape index (κ2) is 40.9. The highest BCUT2D eigenvalue weighted by atomic mass is 32.2. The molecule has 5 heteroatoms. The predicted molar refractivity (Wildman–Crippen MR) is 260 cm³/mol. The average Bonchev–Trinajstić information content (AvgIpc) is 3.19. The zero-order chi connectivity index (χ0) is 42.9. The van der Waals surface area contributed by atoms with Gasteiger partial charge in [-0.3, -0.25) is 0 Å². The summed E-state index contributed by atoms with van der Waals surface area (Å²) in [5.74, 6) is 0.328. The Kier molecular flexibility index (Phi) is 40.8. The van der Waals surface area contributed by atoms with Crippen LogP contribution in [0.15, 0.2) is 0 Å². The quantitative estimate of drug-likeness (QED) is 0.0377. The molecule has 1 atom stereocenters. The Morgan fingerprint density at radius 3 is 0.793 bits per heavy atom. The van der Waals surface area contributed by atoms with Crippen LogP contribution < -0.4 is 0 Å². The molecule has 0 heterocycles. The van der Waals surface area contributed by atoms with E-state index in [1.807, 2.05) is 0 Å². The van der Waals surface area contributed by atoms with Crippen LogP contribution in [0.25, 0.3) is 0 Å². The Morgan fingerprint density at radius 2 is 0.569 bits per heavy atom. The van der Waals surface area contributed by atoms with Crippen LogP contribution in [-0.4, -0.2) is 37.5 Å². The summed E-state index contributed by atoms with van der Waals surface area (Å²) in [7, 11) is -0.691. The van der Waals surface area contributed by atoms with Gasteiger partial charge in [0.2, 0.25) is 0 Å². The number of unbranched alkanes of at least 4 members (excludes halogenated alkanes) is 36. The summed E-state index contributed by atoms with van der Waals surface area (Å²) in [5, 5.41) is 0. The molecule has 0 aliphatic carbocycles. The molecule has 0 radical (unpaired) electrons. The molecule has 350 valence electrons. The molecule has 1 unspecified atom stereocenters. The molecule has 0 saturated carbocycles. The molecule has 0 spiro atoms. The van der Waals surface area contributed by atoms with E-state index in [2.05, 4.69) is 27.7 Å². The van der Waals surface area contributed by atoms with E-state index in [4.69, 9.17) is 0 Å². The molecule has 1 N–H and O–H groups in total. The van der Waals surface area contributed by atoms with Gasteiger partial charge in [-0.05, 0) is 31.1 Å². The molecule has 0 aromatic heterocycles. The Morgan fingerprint density at radius 1 is 0.362 bits per heavy atom. The van der Waals surface area contributed by atoms with Crippen molar-refractivity contribution in [1.29, 1.82) is 0 Å². The third-order valence-electron chi connectivity index (χ3n) is 14.1. The lowest BCUT2D eigenvalue weighted by Crippen LogP contribution is -2.51. The Labute approximate surface area is 367 Å². The minimum Gasteiger partial charge on any atom is -0.241 e. The van der Waals surface area contributed by atoms with Crippen LogP contribution in [0.4, 0.5) is 0 Å². The fourth-order valence-electron chi connectivity index (χ4n) is 9.98. The minimum absolute atomic E-state index is 0.167. The van der Waals surface area contributed by atoms with Crippen molar-refractivity contribution < 1.29 is 16.9 Å². The molecule has 0 saturated heterocycles. The first-order valence-electron chi connectivity index (χ1n) is 26.9. The average molecular weight is 842 g/mol. The summed E-state index contributed by atoms with van der Waals surface area (Å²) in [6.07, 6.45) is 58.9. The Hall–Kier alpha value is -0.130. The summed E-state index contributed by atoms with van der Waals surface area (Å²) in [6.45, 7) is 9.75. The fourth-order valence-corrected chi connectivity index (χ4v) is 10.3. The SMILES string of the molecule is CCCCCCCCCCCCC(C[N+](C)(C)S(=O)(=O)O)C(CCCCCCCCCCCC)(CCCCCCCCCCCC)CCCCCCCCCCCC. The van der Waals surface area contributed by atoms with Crippen LogP contribution in [0.3, 0.4) is 0 Å². The first-order valence-corrected chi connectivity index (χ1v) is 28.3. The highest BCUT2D eigenvalue weighted by Crippen LogP contribution is 2.47. The number of hydrogen-bond donors (Lipinski definition) is 1. The van der Waals surface area contributed by atoms with Crippen molar-refractivity contribution in [2.24, 2.45) is 11.3 Å². The lowest BCUT2D eigenvalue weighted by atomic mass is 9.64. The maximum atomic E-state index is 12.9. The maximum absolute atomic E-state index is 12.9. The molecule has 0 fully saturated rings. The van der Waals surface area contributed by atoms with Gasteiger partial charge in [0.25, 0.3) is 0 Å². The summed E-state index contributed by atoms with van der Waals surface area (Å²) in [6, 6.07) is 0. The molecule has 0 rings (SSSR count). The van der Waals surface area contributed by atoms with Crippen LogP contribution in [0.2, 0.25) is 0 Å². The van der Waals surface area contributed by atoms with Gasteiger partial charge in [-0.1, -0.05) is 285 Å². The fraction of sp³-hybridized carbons (Fsp3) is 1.00. The smallest absolute Gasteiger partial charge is 0.241 e. The van der Waals surface area contributed by atoms with E-state index in [0.29, 0.717) is 12.5 Å². The van der Waals surface area contributed by atoms with E-state index in [1.165, 1.54) is 276 Å². The first kappa shape index (κ1) is 57.9. The Balaban J connectivity index is 5.95.